The highest BCUT2D eigenvalue weighted by molar-refractivity contribution is 7.88. The third kappa shape index (κ3) is 12.8. The van der Waals surface area contributed by atoms with Crippen molar-refractivity contribution in [1.82, 2.24) is 24.7 Å². The van der Waals surface area contributed by atoms with Gasteiger partial charge in [0, 0.05) is 74.7 Å². The van der Waals surface area contributed by atoms with Gasteiger partial charge in [-0.1, -0.05) is 106 Å². The van der Waals surface area contributed by atoms with Crippen molar-refractivity contribution < 1.29 is 18.0 Å². The third-order valence-electron chi connectivity index (χ3n) is 8.78. The number of halogens is 2. The monoisotopic (exact) mass is 733 g/mol. The van der Waals surface area contributed by atoms with Crippen molar-refractivity contribution in [3.05, 3.63) is 94.0 Å². The van der Waals surface area contributed by atoms with E-state index in [-0.39, 0.29) is 36.9 Å². The molecular formula is C37H53Cl2N5O4S. The molecule has 2 aliphatic rings. The number of carbonyl (C=O) groups excluding carboxylic acids is 2. The van der Waals surface area contributed by atoms with Gasteiger partial charge in [0.25, 0.3) is 0 Å². The van der Waals surface area contributed by atoms with E-state index in [1.165, 1.54) is 10.6 Å². The molecule has 0 aromatic heterocycles. The predicted octanol–water partition coefficient (Wildman–Crippen LogP) is 5.71. The smallest absolute Gasteiger partial charge is 0.245 e. The number of nitrogens with zero attached hydrogens (tertiary/aromatic N) is 3. The molecule has 1 fully saturated rings. The van der Waals surface area contributed by atoms with Crippen LogP contribution in [0, 0.1) is 5.92 Å². The SMILES string of the molecule is CC.CCN(CC(c1ccccc1Cl)N1CCN(C(=O)C(Cc2ccc(Cl)cc2)NC(=O)CC2C/C=C\C=C/C(C)CN2)CC1)S(C)(=O)=O. The number of piperazine rings is 1. The zero-order valence-corrected chi connectivity index (χ0v) is 31.8. The van der Waals surface area contributed by atoms with Crippen LogP contribution in [-0.4, -0.2) is 98.5 Å². The van der Waals surface area contributed by atoms with E-state index in [0.29, 0.717) is 61.5 Å². The zero-order chi connectivity index (χ0) is 36.0. The lowest BCUT2D eigenvalue weighted by Crippen LogP contribution is -2.57. The number of rotatable bonds is 12. The van der Waals surface area contributed by atoms with Crippen molar-refractivity contribution in [2.24, 2.45) is 5.92 Å². The van der Waals surface area contributed by atoms with Gasteiger partial charge in [-0.3, -0.25) is 14.5 Å². The summed E-state index contributed by atoms with van der Waals surface area (Å²) in [6.45, 7) is 11.2. The average molecular weight is 735 g/mol. The molecule has 4 unspecified atom stereocenters. The molecule has 2 aromatic carbocycles. The Bertz CT molecular complexity index is 1510. The molecule has 9 nitrogen and oxygen atoms in total. The summed E-state index contributed by atoms with van der Waals surface area (Å²) in [7, 11) is -3.43. The quantitative estimate of drug-likeness (QED) is 0.290. The molecule has 0 saturated carbocycles. The third-order valence-corrected chi connectivity index (χ3v) is 10.7. The molecule has 2 N–H and O–H groups in total. The van der Waals surface area contributed by atoms with Gasteiger partial charge in [0.15, 0.2) is 0 Å². The molecule has 270 valence electrons. The highest BCUT2D eigenvalue weighted by atomic mass is 35.5. The molecule has 0 bridgehead atoms. The summed E-state index contributed by atoms with van der Waals surface area (Å²) in [5.41, 5.74) is 1.75. The molecule has 2 amide bonds. The van der Waals surface area contributed by atoms with E-state index in [1.54, 1.807) is 17.0 Å². The summed E-state index contributed by atoms with van der Waals surface area (Å²) < 4.78 is 26.5. The number of amides is 2. The Morgan fingerprint density at radius 1 is 1.02 bits per heavy atom. The number of likely N-dealkylation sites (N-methyl/N-ethyl adjacent to an activating group) is 1. The molecule has 1 saturated heterocycles. The van der Waals surface area contributed by atoms with Gasteiger partial charge in [0.05, 0.1) is 12.3 Å². The second-order valence-electron chi connectivity index (χ2n) is 12.4. The second kappa shape index (κ2) is 20.2. The highest BCUT2D eigenvalue weighted by Gasteiger charge is 2.34. The summed E-state index contributed by atoms with van der Waals surface area (Å²) >= 11 is 12.7. The van der Waals surface area contributed by atoms with Crippen molar-refractivity contribution >= 4 is 45.0 Å². The fraction of sp³-hybridized carbons (Fsp3) is 0.514. The molecule has 0 aliphatic carbocycles. The van der Waals surface area contributed by atoms with Crippen LogP contribution in [0.25, 0.3) is 0 Å². The van der Waals surface area contributed by atoms with Gasteiger partial charge in [-0.25, -0.2) is 12.7 Å². The number of benzene rings is 2. The Balaban J connectivity index is 0.00000319. The van der Waals surface area contributed by atoms with E-state index in [1.807, 2.05) is 69.3 Å². The number of carbonyl (C=O) groups is 2. The van der Waals surface area contributed by atoms with Gasteiger partial charge in [0.2, 0.25) is 21.8 Å². The van der Waals surface area contributed by atoms with Gasteiger partial charge in [-0.05, 0) is 41.7 Å². The summed E-state index contributed by atoms with van der Waals surface area (Å²) in [6.07, 6.45) is 10.8. The fourth-order valence-corrected chi connectivity index (χ4v) is 7.36. The number of sulfonamides is 1. The van der Waals surface area contributed by atoms with Crippen LogP contribution in [0.1, 0.15) is 57.7 Å². The Hall–Kier alpha value is -2.73. The van der Waals surface area contributed by atoms with Crippen LogP contribution in [-0.2, 0) is 26.0 Å². The Morgan fingerprint density at radius 3 is 2.33 bits per heavy atom. The normalized spacial score (nSPS) is 21.3. The van der Waals surface area contributed by atoms with Crippen molar-refractivity contribution in [2.75, 3.05) is 52.1 Å². The first-order valence-electron chi connectivity index (χ1n) is 17.3. The molecule has 2 heterocycles. The van der Waals surface area contributed by atoms with Crippen LogP contribution in [0.2, 0.25) is 10.0 Å². The van der Waals surface area contributed by atoms with E-state index < -0.39 is 16.1 Å². The van der Waals surface area contributed by atoms with Crippen molar-refractivity contribution in [2.45, 2.75) is 65.1 Å². The first kappa shape index (κ1) is 40.7. The summed E-state index contributed by atoms with van der Waals surface area (Å²) in [4.78, 5) is 31.5. The first-order chi connectivity index (χ1) is 23.4. The summed E-state index contributed by atoms with van der Waals surface area (Å²) in [5.74, 6) is 0.0183. The van der Waals surface area contributed by atoms with Gasteiger partial charge < -0.3 is 15.5 Å². The van der Waals surface area contributed by atoms with E-state index in [4.69, 9.17) is 23.2 Å². The number of hydrogen-bond donors (Lipinski definition) is 2. The second-order valence-corrected chi connectivity index (χ2v) is 15.2. The minimum Gasteiger partial charge on any atom is -0.344 e. The summed E-state index contributed by atoms with van der Waals surface area (Å²) in [5, 5.41) is 7.73. The Labute approximate surface area is 303 Å². The number of hydrogen-bond acceptors (Lipinski definition) is 6. The molecular weight excluding hydrogens is 681 g/mol. The molecule has 49 heavy (non-hydrogen) atoms. The Morgan fingerprint density at radius 2 is 1.69 bits per heavy atom. The van der Waals surface area contributed by atoms with Crippen molar-refractivity contribution in [3.8, 4) is 0 Å². The lowest BCUT2D eigenvalue weighted by molar-refractivity contribution is -0.138. The van der Waals surface area contributed by atoms with Crippen molar-refractivity contribution in [3.63, 3.8) is 0 Å². The van der Waals surface area contributed by atoms with Crippen LogP contribution in [0.15, 0.2) is 72.8 Å². The largest absolute Gasteiger partial charge is 0.344 e. The minimum absolute atomic E-state index is 0.0419. The topological polar surface area (TPSA) is 102 Å². The van der Waals surface area contributed by atoms with Gasteiger partial charge in [0.1, 0.15) is 6.04 Å². The maximum absolute atomic E-state index is 14.1. The van der Waals surface area contributed by atoms with E-state index in [2.05, 4.69) is 34.6 Å². The van der Waals surface area contributed by atoms with Crippen LogP contribution in [0.3, 0.4) is 0 Å². The lowest BCUT2D eigenvalue weighted by Gasteiger charge is -2.41. The van der Waals surface area contributed by atoms with E-state index in [0.717, 1.165) is 17.7 Å². The first-order valence-corrected chi connectivity index (χ1v) is 19.9. The fourth-order valence-electron chi connectivity index (χ4n) is 6.09. The van der Waals surface area contributed by atoms with Crippen molar-refractivity contribution in [1.29, 1.82) is 0 Å². The lowest BCUT2D eigenvalue weighted by atomic mass is 10.0. The Kier molecular flexibility index (Phi) is 16.8. The van der Waals surface area contributed by atoms with E-state index in [9.17, 15) is 18.0 Å². The predicted molar refractivity (Wildman–Crippen MR) is 201 cm³/mol. The molecule has 0 spiro atoms. The average Bonchev–Trinajstić information content (AvgIpc) is 3.18. The standard InChI is InChI=1S/C35H47Cl2N5O4S.C2H6/c1-4-42(47(3,45)46)25-33(30-12-8-9-13-31(30)37)40-18-20-41(21-19-40)35(44)32(22-27-14-16-28(36)17-15-27)39-34(43)23-29-11-7-5-6-10-26(2)24-38-29;1-2/h5-10,12-17,26,29,32-33,38H,4,11,18-25H2,1-3H3,(H,39,43);1-2H3/b7-5-,10-6-;. The zero-order valence-electron chi connectivity index (χ0n) is 29.4. The molecule has 2 aromatic rings. The molecule has 4 rings (SSSR count). The number of nitrogens with one attached hydrogen (secondary N) is 2. The van der Waals surface area contributed by atoms with Crippen LogP contribution in [0.5, 0.6) is 0 Å². The number of allylic oxidation sites excluding steroid dienone is 2. The maximum atomic E-state index is 14.1. The molecule has 12 heteroatoms. The summed E-state index contributed by atoms with van der Waals surface area (Å²) in [6, 6.07) is 13.7. The molecule has 2 aliphatic heterocycles. The van der Waals surface area contributed by atoms with Gasteiger partial charge in [-0.2, -0.15) is 0 Å². The molecule has 0 radical (unpaired) electrons. The minimum atomic E-state index is -3.43. The van der Waals surface area contributed by atoms with Gasteiger partial charge in [-0.15, -0.1) is 0 Å². The van der Waals surface area contributed by atoms with Crippen LogP contribution >= 0.6 is 23.2 Å². The maximum Gasteiger partial charge on any atom is 0.245 e. The molecule has 4 atom stereocenters. The van der Waals surface area contributed by atoms with E-state index >= 15 is 0 Å². The highest BCUT2D eigenvalue weighted by Crippen LogP contribution is 2.30. The van der Waals surface area contributed by atoms with Crippen LogP contribution < -0.4 is 10.6 Å². The van der Waals surface area contributed by atoms with Gasteiger partial charge >= 0.3 is 0 Å². The van der Waals surface area contributed by atoms with Crippen LogP contribution in [0.4, 0.5) is 0 Å².